The van der Waals surface area contributed by atoms with E-state index in [0.29, 0.717) is 22.9 Å². The van der Waals surface area contributed by atoms with E-state index >= 15 is 0 Å². The van der Waals surface area contributed by atoms with Crippen LogP contribution in [-0.2, 0) is 11.3 Å². The lowest BCUT2D eigenvalue weighted by Gasteiger charge is -2.29. The van der Waals surface area contributed by atoms with Crippen molar-refractivity contribution in [3.63, 3.8) is 0 Å². The Morgan fingerprint density at radius 2 is 2.11 bits per heavy atom. The molecule has 0 saturated carbocycles. The third-order valence-corrected chi connectivity index (χ3v) is 7.06. The summed E-state index contributed by atoms with van der Waals surface area (Å²) in [6, 6.07) is 0. The second-order valence-electron chi connectivity index (χ2n) is 4.27. The smallest absolute Gasteiger partial charge is 0.145 e. The van der Waals surface area contributed by atoms with Gasteiger partial charge < -0.3 is 10.5 Å². The zero-order valence-corrected chi connectivity index (χ0v) is 14.3. The summed E-state index contributed by atoms with van der Waals surface area (Å²) in [6.07, 6.45) is 1.13. The Bertz CT molecular complexity index is 447. The summed E-state index contributed by atoms with van der Waals surface area (Å²) in [5, 5.41) is 0.893. The number of methoxy groups -OCH3 is 1. The van der Waals surface area contributed by atoms with E-state index in [9.17, 15) is 0 Å². The number of nitrogens with two attached hydrogens (primary N) is 1. The van der Waals surface area contributed by atoms with E-state index in [1.807, 2.05) is 23.5 Å². The van der Waals surface area contributed by atoms with Crippen LogP contribution >= 0.6 is 39.5 Å². The van der Waals surface area contributed by atoms with Crippen LogP contribution in [0.2, 0.25) is 0 Å². The summed E-state index contributed by atoms with van der Waals surface area (Å²) in [6.45, 7) is 2.66. The molecule has 0 amide bonds. The van der Waals surface area contributed by atoms with Gasteiger partial charge in [0, 0.05) is 23.9 Å². The first-order valence-electron chi connectivity index (χ1n) is 6.21. The average molecular weight is 364 g/mol. The molecular weight excluding hydrogens is 346 g/mol. The highest BCUT2D eigenvalue weighted by molar-refractivity contribution is 9.10. The van der Waals surface area contributed by atoms with Gasteiger partial charge in [-0.25, -0.2) is 9.97 Å². The number of nitrogens with zero attached hydrogens (tertiary/aromatic N) is 2. The Hall–Kier alpha value is 0.0200. The normalized spacial score (nSPS) is 23.5. The van der Waals surface area contributed by atoms with Gasteiger partial charge in [0.2, 0.25) is 0 Å². The van der Waals surface area contributed by atoms with Crippen LogP contribution in [0.15, 0.2) is 4.47 Å². The lowest BCUT2D eigenvalue weighted by atomic mass is 10.2. The van der Waals surface area contributed by atoms with Gasteiger partial charge in [-0.05, 0) is 22.4 Å². The van der Waals surface area contributed by atoms with Crippen LogP contribution in [0, 0.1) is 0 Å². The first-order valence-corrected chi connectivity index (χ1v) is 9.10. The molecule has 2 heterocycles. The second kappa shape index (κ2) is 7.15. The zero-order valence-electron chi connectivity index (χ0n) is 11.1. The topological polar surface area (TPSA) is 61.0 Å². The van der Waals surface area contributed by atoms with Gasteiger partial charge in [-0.3, -0.25) is 0 Å². The number of halogens is 1. The van der Waals surface area contributed by atoms with Gasteiger partial charge in [0.25, 0.3) is 0 Å². The van der Waals surface area contributed by atoms with Crippen molar-refractivity contribution in [1.82, 2.24) is 9.97 Å². The lowest BCUT2D eigenvalue weighted by molar-refractivity contribution is 0.180. The van der Waals surface area contributed by atoms with Crippen LogP contribution in [0.1, 0.15) is 30.1 Å². The van der Waals surface area contributed by atoms with E-state index in [1.165, 1.54) is 5.75 Å². The zero-order chi connectivity index (χ0) is 13.8. The van der Waals surface area contributed by atoms with Crippen molar-refractivity contribution in [2.45, 2.75) is 30.5 Å². The largest absolute Gasteiger partial charge is 0.383 e. The van der Waals surface area contributed by atoms with Crippen LogP contribution in [0.5, 0.6) is 0 Å². The Morgan fingerprint density at radius 1 is 1.37 bits per heavy atom. The minimum absolute atomic E-state index is 0.328. The van der Waals surface area contributed by atoms with E-state index in [1.54, 1.807) is 7.11 Å². The molecule has 0 spiro atoms. The minimum atomic E-state index is 0.328. The predicted octanol–water partition coefficient (Wildman–Crippen LogP) is 3.27. The quantitative estimate of drug-likeness (QED) is 0.885. The molecular formula is C12H18BrN3OS2. The van der Waals surface area contributed by atoms with Gasteiger partial charge in [0.05, 0.1) is 22.0 Å². The molecule has 0 radical (unpaired) electrons. The average Bonchev–Trinajstić information content (AvgIpc) is 2.43. The molecule has 2 atom stereocenters. The molecule has 1 aliphatic heterocycles. The first kappa shape index (κ1) is 15.4. The summed E-state index contributed by atoms with van der Waals surface area (Å²) in [4.78, 5) is 9.12. The Balaban J connectivity index is 2.32. The molecule has 1 aliphatic rings. The molecule has 0 aromatic carbocycles. The molecule has 1 aromatic rings. The van der Waals surface area contributed by atoms with Crippen LogP contribution in [0.3, 0.4) is 0 Å². The fraction of sp³-hybridized carbons (Fsp3) is 0.667. The minimum Gasteiger partial charge on any atom is -0.383 e. The molecule has 0 aliphatic carbocycles. The maximum atomic E-state index is 5.98. The van der Waals surface area contributed by atoms with Crippen molar-refractivity contribution in [1.29, 1.82) is 0 Å². The molecule has 4 nitrogen and oxygen atoms in total. The van der Waals surface area contributed by atoms with Gasteiger partial charge in [-0.15, -0.1) is 11.8 Å². The van der Waals surface area contributed by atoms with Crippen molar-refractivity contribution in [3.05, 3.63) is 16.0 Å². The number of aromatic nitrogens is 2. The summed E-state index contributed by atoms with van der Waals surface area (Å²) in [5.41, 5.74) is 6.81. The summed E-state index contributed by atoms with van der Waals surface area (Å²) < 4.78 is 5.92. The maximum absolute atomic E-state index is 5.98. The van der Waals surface area contributed by atoms with Crippen LogP contribution in [-0.4, -0.2) is 33.8 Å². The molecule has 19 heavy (non-hydrogen) atoms. The number of anilines is 1. The Labute approximate surface area is 130 Å². The Kier molecular flexibility index (Phi) is 5.80. The number of ether oxygens (including phenoxy) is 1. The number of rotatable bonds is 4. The van der Waals surface area contributed by atoms with E-state index < -0.39 is 0 Å². The van der Waals surface area contributed by atoms with Crippen LogP contribution in [0.4, 0.5) is 5.82 Å². The molecule has 0 bridgehead atoms. The molecule has 2 unspecified atom stereocenters. The predicted molar refractivity (Wildman–Crippen MR) is 86.6 cm³/mol. The molecule has 1 saturated heterocycles. The summed E-state index contributed by atoms with van der Waals surface area (Å²) in [7, 11) is 1.66. The number of hydrogen-bond donors (Lipinski definition) is 1. The summed E-state index contributed by atoms with van der Waals surface area (Å²) in [5.74, 6) is 3.70. The van der Waals surface area contributed by atoms with E-state index in [2.05, 4.69) is 32.8 Å². The molecule has 106 valence electrons. The van der Waals surface area contributed by atoms with Gasteiger partial charge in [0.15, 0.2) is 0 Å². The highest BCUT2D eigenvalue weighted by atomic mass is 79.9. The molecule has 2 rings (SSSR count). The third kappa shape index (κ3) is 3.56. The monoisotopic (exact) mass is 363 g/mol. The lowest BCUT2D eigenvalue weighted by Crippen LogP contribution is -2.21. The maximum Gasteiger partial charge on any atom is 0.145 e. The van der Waals surface area contributed by atoms with E-state index in [-0.39, 0.29) is 0 Å². The van der Waals surface area contributed by atoms with E-state index in [4.69, 9.17) is 10.5 Å². The highest BCUT2D eigenvalue weighted by Gasteiger charge is 2.29. The molecule has 7 heteroatoms. The van der Waals surface area contributed by atoms with E-state index in [0.717, 1.165) is 28.2 Å². The summed E-state index contributed by atoms with van der Waals surface area (Å²) >= 11 is 7.37. The standard InChI is InChI=1S/C12H18BrN3OS2/c1-3-8-10(19-5-4-18-8)12-15-7(6-17-2)9(13)11(14)16-12/h8,10H,3-6H2,1-2H3,(H2,14,15,16). The van der Waals surface area contributed by atoms with Gasteiger partial charge >= 0.3 is 0 Å². The van der Waals surface area contributed by atoms with Crippen molar-refractivity contribution in [3.8, 4) is 0 Å². The fourth-order valence-electron chi connectivity index (χ4n) is 2.03. The van der Waals surface area contributed by atoms with Crippen molar-refractivity contribution >= 4 is 45.3 Å². The number of nitrogen functional groups attached to an aromatic ring is 1. The van der Waals surface area contributed by atoms with Crippen molar-refractivity contribution in [2.75, 3.05) is 24.3 Å². The highest BCUT2D eigenvalue weighted by Crippen LogP contribution is 2.43. The number of hydrogen-bond acceptors (Lipinski definition) is 6. The van der Waals surface area contributed by atoms with Gasteiger partial charge in [-0.1, -0.05) is 6.92 Å². The van der Waals surface area contributed by atoms with Gasteiger partial charge in [-0.2, -0.15) is 11.8 Å². The van der Waals surface area contributed by atoms with Crippen LogP contribution < -0.4 is 5.73 Å². The Morgan fingerprint density at radius 3 is 2.79 bits per heavy atom. The van der Waals surface area contributed by atoms with Crippen molar-refractivity contribution < 1.29 is 4.74 Å². The van der Waals surface area contributed by atoms with Crippen LogP contribution in [0.25, 0.3) is 0 Å². The number of thioether (sulfide) groups is 2. The SMILES string of the molecule is CCC1SCCSC1c1nc(N)c(Br)c(COC)n1. The van der Waals surface area contributed by atoms with Crippen molar-refractivity contribution in [2.24, 2.45) is 0 Å². The molecule has 1 fully saturated rings. The third-order valence-electron chi connectivity index (χ3n) is 2.95. The molecule has 2 N–H and O–H groups in total. The first-order chi connectivity index (χ1) is 9.17. The molecule has 1 aromatic heterocycles. The van der Waals surface area contributed by atoms with Gasteiger partial charge in [0.1, 0.15) is 11.6 Å². The fourth-order valence-corrected chi connectivity index (χ4v) is 5.32. The second-order valence-corrected chi connectivity index (χ2v) is 7.66.